The van der Waals surface area contributed by atoms with Crippen molar-refractivity contribution in [3.05, 3.63) is 63.1 Å². The maximum atomic E-state index is 6.15. The highest BCUT2D eigenvalue weighted by atomic mass is 35.5. The minimum Gasteiger partial charge on any atom is -0.496 e. The minimum atomic E-state index is 0.0142. The zero-order chi connectivity index (χ0) is 15.4. The molecule has 1 unspecified atom stereocenters. The van der Waals surface area contributed by atoms with E-state index in [-0.39, 0.29) is 6.04 Å². The molecule has 0 saturated carbocycles. The van der Waals surface area contributed by atoms with Crippen LogP contribution in [0.15, 0.2) is 36.4 Å². The Morgan fingerprint density at radius 2 is 1.86 bits per heavy atom. The van der Waals surface area contributed by atoms with Crippen LogP contribution in [0.5, 0.6) is 5.75 Å². The molecular formula is C17H19Cl2NO. The second kappa shape index (κ2) is 7.17. The molecule has 112 valence electrons. The molecule has 0 bridgehead atoms. The molecule has 0 spiro atoms. The van der Waals surface area contributed by atoms with E-state index in [2.05, 4.69) is 24.4 Å². The third kappa shape index (κ3) is 3.70. The zero-order valence-electron chi connectivity index (χ0n) is 12.4. The summed E-state index contributed by atoms with van der Waals surface area (Å²) in [6.07, 6.45) is 0. The lowest BCUT2D eigenvalue weighted by molar-refractivity contribution is 0.404. The SMILES string of the molecule is CCNC(c1ccc(Cl)c(Cl)c1)c1ccc(C)cc1OC. The number of ether oxygens (including phenoxy) is 1. The predicted octanol–water partition coefficient (Wildman–Crippen LogP) is 5.01. The Kier molecular flexibility index (Phi) is 5.51. The van der Waals surface area contributed by atoms with E-state index in [1.165, 1.54) is 5.56 Å². The Bertz CT molecular complexity index is 628. The van der Waals surface area contributed by atoms with Crippen molar-refractivity contribution in [2.45, 2.75) is 19.9 Å². The highest BCUT2D eigenvalue weighted by Crippen LogP contribution is 2.33. The van der Waals surface area contributed by atoms with Crippen LogP contribution in [0.2, 0.25) is 10.0 Å². The maximum Gasteiger partial charge on any atom is 0.124 e. The molecule has 2 aromatic rings. The van der Waals surface area contributed by atoms with Crippen molar-refractivity contribution in [2.75, 3.05) is 13.7 Å². The summed E-state index contributed by atoms with van der Waals surface area (Å²) >= 11 is 12.2. The molecule has 1 N–H and O–H groups in total. The van der Waals surface area contributed by atoms with Gasteiger partial charge in [-0.3, -0.25) is 0 Å². The minimum absolute atomic E-state index is 0.0142. The van der Waals surface area contributed by atoms with Crippen LogP contribution in [-0.2, 0) is 0 Å². The van der Waals surface area contributed by atoms with Crippen molar-refractivity contribution in [2.24, 2.45) is 0 Å². The number of methoxy groups -OCH3 is 1. The van der Waals surface area contributed by atoms with E-state index in [0.717, 1.165) is 23.4 Å². The standard InChI is InChI=1S/C17H19Cl2NO/c1-4-20-17(12-6-8-14(18)15(19)10-12)13-7-5-11(2)9-16(13)21-3/h5-10,17,20H,4H2,1-3H3. The fourth-order valence-electron chi connectivity index (χ4n) is 2.36. The fraction of sp³-hybridized carbons (Fsp3) is 0.294. The number of halogens is 2. The van der Waals surface area contributed by atoms with Crippen LogP contribution in [-0.4, -0.2) is 13.7 Å². The molecule has 0 aliphatic carbocycles. The molecule has 0 fully saturated rings. The Labute approximate surface area is 136 Å². The van der Waals surface area contributed by atoms with E-state index >= 15 is 0 Å². The Morgan fingerprint density at radius 1 is 1.10 bits per heavy atom. The highest BCUT2D eigenvalue weighted by Gasteiger charge is 2.18. The predicted molar refractivity (Wildman–Crippen MR) is 89.7 cm³/mol. The average Bonchev–Trinajstić information content (AvgIpc) is 2.48. The summed E-state index contributed by atoms with van der Waals surface area (Å²) in [6, 6.07) is 11.9. The van der Waals surface area contributed by atoms with Crippen LogP contribution < -0.4 is 10.1 Å². The lowest BCUT2D eigenvalue weighted by atomic mass is 9.96. The van der Waals surface area contributed by atoms with Gasteiger partial charge in [0.05, 0.1) is 23.2 Å². The molecule has 0 radical (unpaired) electrons. The van der Waals surface area contributed by atoms with Gasteiger partial charge in [-0.15, -0.1) is 0 Å². The van der Waals surface area contributed by atoms with Gasteiger partial charge in [0.15, 0.2) is 0 Å². The molecule has 0 amide bonds. The molecule has 0 saturated heterocycles. The lowest BCUT2D eigenvalue weighted by Gasteiger charge is -2.22. The number of nitrogens with one attached hydrogen (secondary N) is 1. The van der Waals surface area contributed by atoms with E-state index < -0.39 is 0 Å². The molecule has 0 aliphatic heterocycles. The summed E-state index contributed by atoms with van der Waals surface area (Å²) in [4.78, 5) is 0. The van der Waals surface area contributed by atoms with Crippen LogP contribution in [0.1, 0.15) is 29.7 Å². The zero-order valence-corrected chi connectivity index (χ0v) is 13.9. The van der Waals surface area contributed by atoms with Crippen LogP contribution in [0.25, 0.3) is 0 Å². The summed E-state index contributed by atoms with van der Waals surface area (Å²) in [7, 11) is 1.69. The first kappa shape index (κ1) is 16.2. The largest absolute Gasteiger partial charge is 0.496 e. The number of aryl methyl sites for hydroxylation is 1. The second-order valence-electron chi connectivity index (χ2n) is 4.91. The number of hydrogen-bond acceptors (Lipinski definition) is 2. The molecule has 0 aromatic heterocycles. The van der Waals surface area contributed by atoms with Crippen molar-refractivity contribution in [1.82, 2.24) is 5.32 Å². The molecule has 2 nitrogen and oxygen atoms in total. The molecule has 4 heteroatoms. The van der Waals surface area contributed by atoms with Crippen molar-refractivity contribution in [3.8, 4) is 5.75 Å². The Hall–Kier alpha value is -1.22. The number of benzene rings is 2. The monoisotopic (exact) mass is 323 g/mol. The molecule has 0 aliphatic rings. The lowest BCUT2D eigenvalue weighted by Crippen LogP contribution is -2.22. The molecule has 2 rings (SSSR count). The van der Waals surface area contributed by atoms with Gasteiger partial charge in [0.1, 0.15) is 5.75 Å². The second-order valence-corrected chi connectivity index (χ2v) is 5.72. The number of rotatable bonds is 5. The summed E-state index contributed by atoms with van der Waals surface area (Å²) in [5.41, 5.74) is 3.32. The van der Waals surface area contributed by atoms with Crippen molar-refractivity contribution in [3.63, 3.8) is 0 Å². The van der Waals surface area contributed by atoms with E-state index in [9.17, 15) is 0 Å². The Balaban J connectivity index is 2.50. The van der Waals surface area contributed by atoms with Gasteiger partial charge >= 0.3 is 0 Å². The normalized spacial score (nSPS) is 12.2. The highest BCUT2D eigenvalue weighted by molar-refractivity contribution is 6.42. The third-order valence-corrected chi connectivity index (χ3v) is 4.12. The van der Waals surface area contributed by atoms with E-state index in [4.69, 9.17) is 27.9 Å². The summed E-state index contributed by atoms with van der Waals surface area (Å²) in [5.74, 6) is 0.868. The smallest absolute Gasteiger partial charge is 0.124 e. The van der Waals surface area contributed by atoms with Gasteiger partial charge < -0.3 is 10.1 Å². The number of hydrogen-bond donors (Lipinski definition) is 1. The topological polar surface area (TPSA) is 21.3 Å². The van der Waals surface area contributed by atoms with E-state index in [0.29, 0.717) is 10.0 Å². The molecule has 21 heavy (non-hydrogen) atoms. The van der Waals surface area contributed by atoms with Gasteiger partial charge in [-0.2, -0.15) is 0 Å². The maximum absolute atomic E-state index is 6.15. The summed E-state index contributed by atoms with van der Waals surface area (Å²) in [5, 5.41) is 4.59. The molecule has 1 atom stereocenters. The first-order valence-electron chi connectivity index (χ1n) is 6.89. The van der Waals surface area contributed by atoms with Crippen LogP contribution in [0.4, 0.5) is 0 Å². The van der Waals surface area contributed by atoms with Crippen LogP contribution >= 0.6 is 23.2 Å². The van der Waals surface area contributed by atoms with Crippen molar-refractivity contribution in [1.29, 1.82) is 0 Å². The molecule has 2 aromatic carbocycles. The van der Waals surface area contributed by atoms with Gasteiger partial charge in [0.25, 0.3) is 0 Å². The summed E-state index contributed by atoms with van der Waals surface area (Å²) in [6.45, 7) is 4.96. The Morgan fingerprint density at radius 3 is 2.48 bits per heavy atom. The van der Waals surface area contributed by atoms with E-state index in [1.54, 1.807) is 7.11 Å². The van der Waals surface area contributed by atoms with Gasteiger partial charge in [-0.25, -0.2) is 0 Å². The summed E-state index contributed by atoms with van der Waals surface area (Å²) < 4.78 is 5.53. The van der Waals surface area contributed by atoms with Crippen molar-refractivity contribution < 1.29 is 4.74 Å². The van der Waals surface area contributed by atoms with Gasteiger partial charge in [-0.05, 0) is 42.8 Å². The van der Waals surface area contributed by atoms with Crippen LogP contribution in [0.3, 0.4) is 0 Å². The molecular weight excluding hydrogens is 305 g/mol. The van der Waals surface area contributed by atoms with Gasteiger partial charge in [0.2, 0.25) is 0 Å². The van der Waals surface area contributed by atoms with E-state index in [1.807, 2.05) is 31.2 Å². The quantitative estimate of drug-likeness (QED) is 0.835. The first-order valence-corrected chi connectivity index (χ1v) is 7.65. The fourth-order valence-corrected chi connectivity index (χ4v) is 2.67. The molecule has 0 heterocycles. The first-order chi connectivity index (χ1) is 10.1. The average molecular weight is 324 g/mol. The van der Waals surface area contributed by atoms with Crippen LogP contribution in [0, 0.1) is 6.92 Å². The van der Waals surface area contributed by atoms with Gasteiger partial charge in [-0.1, -0.05) is 48.3 Å². The third-order valence-electron chi connectivity index (χ3n) is 3.39. The van der Waals surface area contributed by atoms with Gasteiger partial charge in [0, 0.05) is 5.56 Å². The van der Waals surface area contributed by atoms with Crippen molar-refractivity contribution >= 4 is 23.2 Å².